The van der Waals surface area contributed by atoms with Gasteiger partial charge in [0.15, 0.2) is 23.0 Å². The molecule has 7 rings (SSSR count). The van der Waals surface area contributed by atoms with E-state index in [9.17, 15) is 9.90 Å². The molecule has 1 fully saturated rings. The largest absolute Gasteiger partial charge is 0.492 e. The Morgan fingerprint density at radius 2 is 1.14 bits per heavy atom. The number of methoxy groups -OCH3 is 4. The smallest absolute Gasteiger partial charge is 0.241 e. The van der Waals surface area contributed by atoms with Crippen molar-refractivity contribution in [2.45, 2.75) is 64.1 Å². The molecule has 0 unspecified atom stereocenters. The fraction of sp³-hybridized carbons (Fsp3) is 0.390. The number of aliphatic hydroxyl groups is 1. The van der Waals surface area contributed by atoms with Crippen LogP contribution in [0.4, 0.5) is 0 Å². The maximum Gasteiger partial charge on any atom is 0.241 e. The Bertz CT molecular complexity index is 1930. The summed E-state index contributed by atoms with van der Waals surface area (Å²) in [6, 6.07) is 18.1. The summed E-state index contributed by atoms with van der Waals surface area (Å²) in [7, 11) is 8.49. The number of hydrogen-bond donors (Lipinski definition) is 1. The van der Waals surface area contributed by atoms with E-state index in [-0.39, 0.29) is 18.6 Å². The third kappa shape index (κ3) is 5.52. The Morgan fingerprint density at radius 1 is 0.667 bits per heavy atom. The van der Waals surface area contributed by atoms with Crippen molar-refractivity contribution >= 4 is 5.91 Å². The fourth-order valence-corrected chi connectivity index (χ4v) is 8.65. The molecule has 51 heavy (non-hydrogen) atoms. The van der Waals surface area contributed by atoms with Crippen molar-refractivity contribution < 1.29 is 38.3 Å². The molecule has 268 valence electrons. The second-order valence-corrected chi connectivity index (χ2v) is 13.4. The molecule has 0 saturated carbocycles. The first-order valence-corrected chi connectivity index (χ1v) is 17.3. The van der Waals surface area contributed by atoms with Crippen molar-refractivity contribution in [1.29, 1.82) is 0 Å². The van der Waals surface area contributed by atoms with Gasteiger partial charge >= 0.3 is 0 Å². The Kier molecular flexibility index (Phi) is 9.48. The highest BCUT2D eigenvalue weighted by molar-refractivity contribution is 5.87. The van der Waals surface area contributed by atoms with Crippen LogP contribution in [0, 0.1) is 13.8 Å². The molecule has 1 saturated heterocycles. The molecule has 2 bridgehead atoms. The minimum atomic E-state index is -0.706. The highest BCUT2D eigenvalue weighted by Gasteiger charge is 2.56. The van der Waals surface area contributed by atoms with Gasteiger partial charge in [0.1, 0.15) is 24.7 Å². The van der Waals surface area contributed by atoms with Crippen LogP contribution in [-0.2, 0) is 30.8 Å². The van der Waals surface area contributed by atoms with Crippen LogP contribution in [0.2, 0.25) is 0 Å². The van der Waals surface area contributed by atoms with Crippen LogP contribution < -0.4 is 28.4 Å². The molecule has 0 aromatic heterocycles. The van der Waals surface area contributed by atoms with Crippen molar-refractivity contribution in [2.75, 3.05) is 42.1 Å². The minimum Gasteiger partial charge on any atom is -0.492 e. The molecule has 3 aliphatic heterocycles. The SMILES string of the molecule is COc1c(C)c(OCc2ccccc2)c2c(c1OC)[C@@H](CO)N1C(=O)[C@H]3Cc4c(OCc5ccccc5)c(C)c(OC)c(OC)c4[C@@H]([C@H]1C2)N3C. The summed E-state index contributed by atoms with van der Waals surface area (Å²) in [4.78, 5) is 18.8. The molecule has 3 heterocycles. The van der Waals surface area contributed by atoms with Crippen molar-refractivity contribution in [1.82, 2.24) is 9.80 Å². The van der Waals surface area contributed by atoms with Gasteiger partial charge in [0.05, 0.1) is 59.2 Å². The van der Waals surface area contributed by atoms with Crippen molar-refractivity contribution in [3.8, 4) is 34.5 Å². The molecule has 0 radical (unpaired) electrons. The van der Waals surface area contributed by atoms with Crippen LogP contribution in [0.5, 0.6) is 34.5 Å². The lowest BCUT2D eigenvalue weighted by atomic mass is 9.73. The van der Waals surface area contributed by atoms with E-state index in [0.717, 1.165) is 38.9 Å². The number of likely N-dealkylation sites (N-methyl/N-ethyl adjacent to an activating group) is 1. The predicted molar refractivity (Wildman–Crippen MR) is 192 cm³/mol. The molecular formula is C41H46N2O8. The Hall–Kier alpha value is -4.93. The van der Waals surface area contributed by atoms with Crippen molar-refractivity contribution in [3.63, 3.8) is 0 Å². The van der Waals surface area contributed by atoms with Crippen LogP contribution in [0.3, 0.4) is 0 Å². The van der Waals surface area contributed by atoms with Crippen molar-refractivity contribution in [3.05, 3.63) is 105 Å². The van der Waals surface area contributed by atoms with Crippen LogP contribution in [0.15, 0.2) is 60.7 Å². The minimum absolute atomic E-state index is 0.0658. The molecule has 0 spiro atoms. The van der Waals surface area contributed by atoms with Gasteiger partial charge in [-0.05, 0) is 38.4 Å². The number of rotatable bonds is 11. The lowest BCUT2D eigenvalue weighted by molar-refractivity contribution is -0.158. The summed E-state index contributed by atoms with van der Waals surface area (Å²) in [5.41, 5.74) is 7.12. The molecule has 1 N–H and O–H groups in total. The van der Waals surface area contributed by atoms with Gasteiger partial charge in [-0.3, -0.25) is 9.69 Å². The first-order chi connectivity index (χ1) is 24.8. The first-order valence-electron chi connectivity index (χ1n) is 17.3. The average Bonchev–Trinajstić information content (AvgIpc) is 3.15. The number of nitrogens with zero attached hydrogens (tertiary/aromatic N) is 2. The number of piperazine rings is 1. The Labute approximate surface area is 299 Å². The number of fused-ring (bicyclic) bond motifs is 7. The molecule has 4 aromatic carbocycles. The number of carbonyl (C=O) groups is 1. The van der Waals surface area contributed by atoms with E-state index in [0.29, 0.717) is 66.1 Å². The van der Waals surface area contributed by atoms with E-state index in [1.807, 2.05) is 86.5 Å². The van der Waals surface area contributed by atoms with Crippen molar-refractivity contribution in [2.24, 2.45) is 0 Å². The van der Waals surface area contributed by atoms with E-state index in [1.165, 1.54) is 0 Å². The number of benzene rings is 4. The normalized spacial score (nSPS) is 20.5. The van der Waals surface area contributed by atoms with Gasteiger partial charge in [-0.15, -0.1) is 0 Å². The van der Waals surface area contributed by atoms with Gasteiger partial charge in [0.2, 0.25) is 5.91 Å². The zero-order valence-electron chi connectivity index (χ0n) is 30.3. The number of amides is 1. The van der Waals surface area contributed by atoms with Crippen LogP contribution in [0.1, 0.15) is 56.6 Å². The van der Waals surface area contributed by atoms with E-state index in [1.54, 1.807) is 28.4 Å². The maximum absolute atomic E-state index is 14.8. The summed E-state index contributed by atoms with van der Waals surface area (Å²) in [6.45, 7) is 4.31. The molecule has 10 nitrogen and oxygen atoms in total. The average molecular weight is 695 g/mol. The summed E-state index contributed by atoms with van der Waals surface area (Å²) in [5, 5.41) is 11.2. The standard InChI is InChI=1S/C41H46N2O8/c1-23-35(50-21-25-14-10-8-11-15-25)27-18-29-34-33-28(36(24(2)38(47-5)40(33)49-7)51-22-26-16-12-9-13-17-26)19-30(42(34)3)41(45)43(29)31(20-44)32(27)39(48-6)37(23)46-4/h8-17,29-31,34,44H,18-22H2,1-7H3/t29-,30-,31-,34-/m1/s1. The summed E-state index contributed by atoms with van der Waals surface area (Å²) in [6.07, 6.45) is 0.837. The summed E-state index contributed by atoms with van der Waals surface area (Å²) >= 11 is 0. The highest BCUT2D eigenvalue weighted by atomic mass is 16.5. The van der Waals surface area contributed by atoms with E-state index in [2.05, 4.69) is 4.90 Å². The predicted octanol–water partition coefficient (Wildman–Crippen LogP) is 5.89. The molecule has 0 aliphatic carbocycles. The number of aliphatic hydroxyl groups excluding tert-OH is 1. The van der Waals surface area contributed by atoms with Crippen LogP contribution in [0.25, 0.3) is 0 Å². The van der Waals surface area contributed by atoms with Gasteiger partial charge in [-0.2, -0.15) is 0 Å². The quantitative estimate of drug-likeness (QED) is 0.206. The fourth-order valence-electron chi connectivity index (χ4n) is 8.65. The molecule has 4 aromatic rings. The molecular weight excluding hydrogens is 648 g/mol. The van der Waals surface area contributed by atoms with Gasteiger partial charge in [0, 0.05) is 39.8 Å². The number of hydrogen-bond acceptors (Lipinski definition) is 9. The van der Waals surface area contributed by atoms with E-state index in [4.69, 9.17) is 28.4 Å². The number of ether oxygens (including phenoxy) is 6. The summed E-state index contributed by atoms with van der Waals surface area (Å²) < 4.78 is 37.4. The lowest BCUT2D eigenvalue weighted by Crippen LogP contribution is -2.67. The van der Waals surface area contributed by atoms with Gasteiger partial charge in [-0.1, -0.05) is 60.7 Å². The van der Waals surface area contributed by atoms with Crippen LogP contribution >= 0.6 is 0 Å². The molecule has 10 heteroatoms. The topological polar surface area (TPSA) is 99.2 Å². The second-order valence-electron chi connectivity index (χ2n) is 13.4. The van der Waals surface area contributed by atoms with Gasteiger partial charge < -0.3 is 38.4 Å². The summed E-state index contributed by atoms with van der Waals surface area (Å²) in [5.74, 6) is 3.54. The maximum atomic E-state index is 14.8. The van der Waals surface area contributed by atoms with E-state index < -0.39 is 18.1 Å². The lowest BCUT2D eigenvalue weighted by Gasteiger charge is -2.57. The number of carbonyl (C=O) groups excluding carboxylic acids is 1. The van der Waals surface area contributed by atoms with Gasteiger partial charge in [-0.25, -0.2) is 0 Å². The third-order valence-corrected chi connectivity index (χ3v) is 10.9. The Morgan fingerprint density at radius 3 is 1.61 bits per heavy atom. The molecule has 1 amide bonds. The molecule has 4 atom stereocenters. The molecule has 3 aliphatic rings. The van der Waals surface area contributed by atoms with Crippen LogP contribution in [-0.4, -0.2) is 75.0 Å². The second kappa shape index (κ2) is 14.0. The van der Waals surface area contributed by atoms with Gasteiger partial charge in [0.25, 0.3) is 0 Å². The monoisotopic (exact) mass is 694 g/mol. The highest BCUT2D eigenvalue weighted by Crippen LogP contribution is 2.58. The third-order valence-electron chi connectivity index (χ3n) is 10.9. The Balaban J connectivity index is 1.42. The zero-order chi connectivity index (χ0) is 36.0. The van der Waals surface area contributed by atoms with E-state index >= 15 is 0 Å². The first kappa shape index (κ1) is 34.5. The zero-order valence-corrected chi connectivity index (χ0v) is 30.3.